The van der Waals surface area contributed by atoms with E-state index in [9.17, 15) is 19.0 Å². The largest absolute Gasteiger partial charge is 0.394 e. The lowest BCUT2D eigenvalue weighted by molar-refractivity contribution is -0.113. The van der Waals surface area contributed by atoms with E-state index < -0.39 is 23.8 Å². The number of hydrogen-bond donors (Lipinski definition) is 2. The Morgan fingerprint density at radius 3 is 2.63 bits per heavy atom. The van der Waals surface area contributed by atoms with Gasteiger partial charge in [0, 0.05) is 29.2 Å². The summed E-state index contributed by atoms with van der Waals surface area (Å²) in [6, 6.07) is 8.39. The average Bonchev–Trinajstić information content (AvgIpc) is 2.66. The molecule has 2 aromatic carbocycles. The maximum Gasteiger partial charge on any atom is 0.172 e. The van der Waals surface area contributed by atoms with Crippen molar-refractivity contribution in [2.45, 2.75) is 42.5 Å². The first-order valence-electron chi connectivity index (χ1n) is 8.66. The van der Waals surface area contributed by atoms with Crippen molar-refractivity contribution in [3.63, 3.8) is 0 Å². The molecule has 3 nitrogen and oxygen atoms in total. The normalized spacial score (nSPS) is 22.8. The molecule has 146 valence electrons. The van der Waals surface area contributed by atoms with Gasteiger partial charge in [0.25, 0.3) is 0 Å². The summed E-state index contributed by atoms with van der Waals surface area (Å²) in [5, 5.41) is 19.8. The van der Waals surface area contributed by atoms with Crippen LogP contribution < -0.4 is 0 Å². The van der Waals surface area contributed by atoms with E-state index in [0.717, 1.165) is 17.3 Å². The highest BCUT2D eigenvalue weighted by Crippen LogP contribution is 2.34. The van der Waals surface area contributed by atoms with Crippen molar-refractivity contribution in [2.75, 3.05) is 12.9 Å². The maximum absolute atomic E-state index is 14.4. The fourth-order valence-corrected chi connectivity index (χ4v) is 3.98. The first-order chi connectivity index (χ1) is 12.9. The Morgan fingerprint density at radius 1 is 1.15 bits per heavy atom. The van der Waals surface area contributed by atoms with Crippen molar-refractivity contribution in [2.24, 2.45) is 0 Å². The number of aliphatic hydroxyl groups is 2. The third kappa shape index (κ3) is 4.63. The van der Waals surface area contributed by atoms with Gasteiger partial charge in [0.05, 0.1) is 24.9 Å². The fourth-order valence-electron chi connectivity index (χ4n) is 3.32. The molecule has 2 N–H and O–H groups in total. The van der Waals surface area contributed by atoms with Crippen LogP contribution in [0.4, 0.5) is 8.78 Å². The minimum absolute atomic E-state index is 0.142. The smallest absolute Gasteiger partial charge is 0.172 e. The Labute approximate surface area is 166 Å². The fraction of sp³-hybridized carbons (Fsp3) is 0.400. The molecular weight excluding hydrogens is 394 g/mol. The van der Waals surface area contributed by atoms with Gasteiger partial charge in [-0.25, -0.2) is 8.78 Å². The van der Waals surface area contributed by atoms with Gasteiger partial charge in [0.2, 0.25) is 0 Å². The first-order valence-corrected chi connectivity index (χ1v) is 10.3. The Bertz CT molecular complexity index is 818. The molecule has 7 heteroatoms. The molecule has 27 heavy (non-hydrogen) atoms. The number of halogens is 3. The third-order valence-corrected chi connectivity index (χ3v) is 5.87. The molecule has 0 radical (unpaired) electrons. The summed E-state index contributed by atoms with van der Waals surface area (Å²) in [6.45, 7) is -0.166. The highest BCUT2D eigenvalue weighted by molar-refractivity contribution is 7.98. The highest BCUT2D eigenvalue weighted by Gasteiger charge is 2.29. The van der Waals surface area contributed by atoms with E-state index >= 15 is 0 Å². The van der Waals surface area contributed by atoms with Crippen LogP contribution in [0.2, 0.25) is 5.02 Å². The van der Waals surface area contributed by atoms with Gasteiger partial charge in [-0.1, -0.05) is 29.8 Å². The van der Waals surface area contributed by atoms with E-state index in [4.69, 9.17) is 16.3 Å². The van der Waals surface area contributed by atoms with Gasteiger partial charge in [0.1, 0.15) is 0 Å². The highest BCUT2D eigenvalue weighted by atomic mass is 35.5. The standard InChI is InChI=1S/C20H21ClF2O3S/c1-27-18-5-3-12(19(22)20(18)23)7-13-6-11(2-4-16(13)21)17-9-14(25)8-15(10-24)26-17/h2-6,14-15,17,24-25H,7-10H2,1H3/t14?,15-,17+/m0/s1. The van der Waals surface area contributed by atoms with Crippen LogP contribution in [0.25, 0.3) is 0 Å². The summed E-state index contributed by atoms with van der Waals surface area (Å²) >= 11 is 7.42. The van der Waals surface area contributed by atoms with Crippen LogP contribution in [0.1, 0.15) is 35.6 Å². The minimum Gasteiger partial charge on any atom is -0.394 e. The minimum atomic E-state index is -0.868. The predicted octanol–water partition coefficient (Wildman–Crippen LogP) is 4.50. The third-order valence-electron chi connectivity index (χ3n) is 4.75. The summed E-state index contributed by atoms with van der Waals surface area (Å²) in [6.07, 6.45) is 1.25. The van der Waals surface area contributed by atoms with Gasteiger partial charge in [-0.05, 0) is 35.1 Å². The summed E-state index contributed by atoms with van der Waals surface area (Å²) in [5.41, 5.74) is 1.66. The van der Waals surface area contributed by atoms with Crippen molar-refractivity contribution < 1.29 is 23.7 Å². The Morgan fingerprint density at radius 2 is 1.93 bits per heavy atom. The van der Waals surface area contributed by atoms with Crippen LogP contribution in [0, 0.1) is 11.6 Å². The molecule has 0 spiro atoms. The monoisotopic (exact) mass is 414 g/mol. The second kappa shape index (κ2) is 8.88. The van der Waals surface area contributed by atoms with E-state index in [1.807, 2.05) is 0 Å². The predicted molar refractivity (Wildman–Crippen MR) is 102 cm³/mol. The van der Waals surface area contributed by atoms with Gasteiger partial charge in [0.15, 0.2) is 11.6 Å². The van der Waals surface area contributed by atoms with Crippen LogP contribution in [-0.2, 0) is 11.2 Å². The van der Waals surface area contributed by atoms with Crippen LogP contribution in [0.5, 0.6) is 0 Å². The summed E-state index contributed by atoms with van der Waals surface area (Å²) < 4.78 is 34.2. The zero-order valence-corrected chi connectivity index (χ0v) is 16.4. The molecule has 0 aliphatic carbocycles. The molecule has 1 saturated heterocycles. The van der Waals surface area contributed by atoms with Crippen LogP contribution >= 0.6 is 23.4 Å². The number of thioether (sulfide) groups is 1. The second-order valence-electron chi connectivity index (χ2n) is 6.64. The molecule has 1 fully saturated rings. The Hall–Kier alpha value is -1.18. The molecule has 3 rings (SSSR count). The molecule has 0 aromatic heterocycles. The SMILES string of the molecule is CSc1ccc(Cc2cc([C@H]3CC(O)C[C@@H](CO)O3)ccc2Cl)c(F)c1F. The van der Waals surface area contributed by atoms with Crippen molar-refractivity contribution in [1.29, 1.82) is 0 Å². The van der Waals surface area contributed by atoms with E-state index in [2.05, 4.69) is 0 Å². The topological polar surface area (TPSA) is 49.7 Å². The zero-order valence-electron chi connectivity index (χ0n) is 14.8. The average molecular weight is 415 g/mol. The van der Waals surface area contributed by atoms with Crippen molar-refractivity contribution in [3.05, 3.63) is 63.7 Å². The Kier molecular flexibility index (Phi) is 6.76. The summed E-state index contributed by atoms with van der Waals surface area (Å²) in [7, 11) is 0. The van der Waals surface area contributed by atoms with Crippen molar-refractivity contribution in [1.82, 2.24) is 0 Å². The number of benzene rings is 2. The maximum atomic E-state index is 14.4. The number of rotatable bonds is 5. The molecule has 3 atom stereocenters. The van der Waals surface area contributed by atoms with Crippen molar-refractivity contribution in [3.8, 4) is 0 Å². The molecule has 1 aliphatic heterocycles. The quantitative estimate of drug-likeness (QED) is 0.707. The number of aliphatic hydroxyl groups excluding tert-OH is 2. The van der Waals surface area contributed by atoms with Gasteiger partial charge >= 0.3 is 0 Å². The lowest BCUT2D eigenvalue weighted by Gasteiger charge is -2.32. The van der Waals surface area contributed by atoms with Crippen LogP contribution in [0.15, 0.2) is 35.2 Å². The van der Waals surface area contributed by atoms with Gasteiger partial charge in [-0.2, -0.15) is 0 Å². The molecule has 1 aliphatic rings. The zero-order chi connectivity index (χ0) is 19.6. The summed E-state index contributed by atoms with van der Waals surface area (Å²) in [4.78, 5) is 0.260. The van der Waals surface area contributed by atoms with E-state index in [-0.39, 0.29) is 29.6 Å². The Balaban J connectivity index is 1.87. The van der Waals surface area contributed by atoms with Gasteiger partial charge in [-0.3, -0.25) is 0 Å². The molecular formula is C20H21ClF2O3S. The molecule has 1 unspecified atom stereocenters. The van der Waals surface area contributed by atoms with E-state index in [1.54, 1.807) is 36.6 Å². The lowest BCUT2D eigenvalue weighted by atomic mass is 9.94. The van der Waals surface area contributed by atoms with E-state index in [1.165, 1.54) is 0 Å². The van der Waals surface area contributed by atoms with Gasteiger partial charge < -0.3 is 14.9 Å². The van der Waals surface area contributed by atoms with E-state index in [0.29, 0.717) is 23.4 Å². The second-order valence-corrected chi connectivity index (χ2v) is 7.89. The molecule has 0 saturated carbocycles. The molecule has 1 heterocycles. The lowest BCUT2D eigenvalue weighted by Crippen LogP contribution is -2.33. The molecule has 2 aromatic rings. The van der Waals surface area contributed by atoms with Gasteiger partial charge in [-0.15, -0.1) is 11.8 Å². The summed E-state index contributed by atoms with van der Waals surface area (Å²) in [5.74, 6) is -1.72. The van der Waals surface area contributed by atoms with Crippen LogP contribution in [-0.4, -0.2) is 35.3 Å². The number of hydrogen-bond acceptors (Lipinski definition) is 4. The van der Waals surface area contributed by atoms with Crippen LogP contribution in [0.3, 0.4) is 0 Å². The van der Waals surface area contributed by atoms with Crippen molar-refractivity contribution >= 4 is 23.4 Å². The first kappa shape index (κ1) is 20.6. The molecule has 0 amide bonds. The molecule has 0 bridgehead atoms. The number of ether oxygens (including phenoxy) is 1.